The number of fused-ring (bicyclic) bond motifs is 2. The van der Waals surface area contributed by atoms with Crippen LogP contribution in [0, 0.1) is 20.8 Å². The predicted molar refractivity (Wildman–Crippen MR) is 363 cm³/mol. The number of methoxy groups -OCH3 is 2. The third-order valence-electron chi connectivity index (χ3n) is 14.9. The maximum Gasteiger partial charge on any atom is 0.339 e. The molecular formula is C68H75Cl3N11O8P. The number of carbonyl (C=O) groups excluding carboxylic acids is 1. The molecule has 0 unspecified atom stereocenters. The van der Waals surface area contributed by atoms with Gasteiger partial charge in [0.25, 0.3) is 5.91 Å². The number of hydrogen-bond acceptors (Lipinski definition) is 15. The molecule has 0 saturated heterocycles. The first-order valence-electron chi connectivity index (χ1n) is 29.6. The number of carbonyl (C=O) groups is 2. The van der Waals surface area contributed by atoms with Crippen LogP contribution in [-0.2, 0) is 17.7 Å². The van der Waals surface area contributed by atoms with Gasteiger partial charge in [-0.3, -0.25) is 14.3 Å². The van der Waals surface area contributed by atoms with Gasteiger partial charge in [-0.2, -0.15) is 10.2 Å². The maximum absolute atomic E-state index is 12.8. The van der Waals surface area contributed by atoms with Crippen LogP contribution in [0.2, 0.25) is 0 Å². The molecule has 2 aliphatic rings. The van der Waals surface area contributed by atoms with Crippen molar-refractivity contribution >= 4 is 90.3 Å². The molecular weight excluding hydrogens is 1240 g/mol. The van der Waals surface area contributed by atoms with Crippen molar-refractivity contribution in [1.82, 2.24) is 39.5 Å². The lowest BCUT2D eigenvalue weighted by Crippen LogP contribution is -2.22. The Balaban J connectivity index is 0.000000196. The monoisotopic (exact) mass is 1310 g/mol. The number of rotatable bonds is 17. The summed E-state index contributed by atoms with van der Waals surface area (Å²) >= 11 is 13.8. The molecule has 0 bridgehead atoms. The highest BCUT2D eigenvalue weighted by molar-refractivity contribution is 8.24. The van der Waals surface area contributed by atoms with E-state index in [0.717, 1.165) is 93.3 Å². The number of nitrogens with one attached hydrogen (secondary N) is 3. The second-order valence-electron chi connectivity index (χ2n) is 21.8. The van der Waals surface area contributed by atoms with E-state index in [-0.39, 0.29) is 18.9 Å². The van der Waals surface area contributed by atoms with E-state index in [1.165, 1.54) is 56.2 Å². The number of amides is 1. The van der Waals surface area contributed by atoms with Gasteiger partial charge in [0, 0.05) is 60.3 Å². The van der Waals surface area contributed by atoms with Crippen molar-refractivity contribution in [3.05, 3.63) is 197 Å². The number of aromatic carboxylic acids is 1. The van der Waals surface area contributed by atoms with Crippen LogP contribution in [0.4, 0.5) is 17.5 Å². The molecule has 1 amide bonds. The van der Waals surface area contributed by atoms with Crippen LogP contribution in [0.1, 0.15) is 120 Å². The summed E-state index contributed by atoms with van der Waals surface area (Å²) in [5.74, 6) is 4.90. The molecule has 23 heteroatoms. The van der Waals surface area contributed by atoms with E-state index in [9.17, 15) is 19.3 Å². The highest BCUT2D eigenvalue weighted by atomic mass is 36.0. The van der Waals surface area contributed by atoms with Crippen molar-refractivity contribution in [1.29, 1.82) is 0 Å². The molecule has 2 fully saturated rings. The van der Waals surface area contributed by atoms with Gasteiger partial charge in [-0.05, 0) is 199 Å². The minimum atomic E-state index is -3.22. The van der Waals surface area contributed by atoms with Crippen molar-refractivity contribution in [2.24, 2.45) is 0 Å². The lowest BCUT2D eigenvalue weighted by atomic mass is 9.95. The number of carboxylic acids is 1. The Bertz CT molecular complexity index is 4020. The summed E-state index contributed by atoms with van der Waals surface area (Å²) in [6.45, 7) is 7.12. The van der Waals surface area contributed by atoms with Gasteiger partial charge in [0.2, 0.25) is 0 Å². The average Bonchev–Trinajstić information content (AvgIpc) is 1.68. The Hall–Kier alpha value is -8.74. The number of anilines is 3. The van der Waals surface area contributed by atoms with Crippen molar-refractivity contribution < 1.29 is 38.2 Å². The molecule has 0 aliphatic heterocycles. The number of ether oxygens (including phenoxy) is 4. The summed E-state index contributed by atoms with van der Waals surface area (Å²) in [7, 11) is 3.32. The fourth-order valence-corrected chi connectivity index (χ4v) is 10.5. The quantitative estimate of drug-likeness (QED) is 0.0621. The predicted octanol–water partition coefficient (Wildman–Crippen LogP) is 17.8. The molecule has 6 aromatic heterocycles. The van der Waals surface area contributed by atoms with Gasteiger partial charge < -0.3 is 40.0 Å². The second-order valence-corrected chi connectivity index (χ2v) is 28.4. The van der Waals surface area contributed by atoms with Crippen molar-refractivity contribution in [2.75, 3.05) is 30.2 Å². The summed E-state index contributed by atoms with van der Waals surface area (Å²) in [5.41, 5.74) is 7.74. The van der Waals surface area contributed by atoms with Crippen LogP contribution in [0.25, 0.3) is 22.1 Å². The zero-order valence-electron chi connectivity index (χ0n) is 50.6. The SMILES string of the molecule is C.COc1ccc(Cn2nc(NC3CCCCC3)c3c(Oc4ccc(C(=O)Nc5cc(C)ccn5)cc4)ccnc32)cc1.COc1ccc(Cn2nc(NC3CCCCC3)c3c(Oc4ccc(C(=O)O)cc4)ccnc32)cc1.Cc1ccnc(C)c1.O=P(Cl)(Cl)Cl. The number of aryl methyl sites for hydroxylation is 3. The molecule has 0 atom stereocenters. The van der Waals surface area contributed by atoms with Crippen LogP contribution >= 0.6 is 38.9 Å². The molecule has 91 heavy (non-hydrogen) atoms. The summed E-state index contributed by atoms with van der Waals surface area (Å²) in [6.07, 6.45) is 18.8. The molecule has 476 valence electrons. The smallest absolute Gasteiger partial charge is 0.339 e. The number of carboxylic acid groups (broad SMARTS) is 1. The van der Waals surface area contributed by atoms with Gasteiger partial charge in [-0.15, -0.1) is 0 Å². The number of benzene rings is 4. The Morgan fingerprint density at radius 3 is 1.32 bits per heavy atom. The molecule has 2 aliphatic carbocycles. The van der Waals surface area contributed by atoms with Crippen LogP contribution in [0.3, 0.4) is 0 Å². The summed E-state index contributed by atoms with van der Waals surface area (Å²) in [5, 5.41) is 27.7. The molecule has 10 aromatic rings. The minimum Gasteiger partial charge on any atom is -0.497 e. The fourth-order valence-electron chi connectivity index (χ4n) is 10.5. The first-order chi connectivity index (χ1) is 43.4. The lowest BCUT2D eigenvalue weighted by molar-refractivity contribution is 0.0696. The van der Waals surface area contributed by atoms with Gasteiger partial charge in [-0.25, -0.2) is 29.1 Å². The Kier molecular flexibility index (Phi) is 24.6. The van der Waals surface area contributed by atoms with Crippen molar-refractivity contribution in [3.63, 3.8) is 0 Å². The standard InChI is InChI=1S/C33H34N6O3.C27H28N4O4.C7H9N.CH4.Cl3OP/c1-22-16-18-34-29(20-22)37-33(40)24-10-14-27(15-11-24)42-28-17-19-35-32-30(28)31(36-25-6-4-3-5-7-25)38-39(32)21-23-8-12-26(41-2)13-9-23;1-34-21-11-7-18(8-12-21)17-31-26-24(25(30-31)29-20-5-3-2-4-6-20)23(15-16-28-26)35-22-13-9-19(10-14-22)27(32)33;1-6-3-4-8-7(2)5-6;;1-5(2,3)4/h8-20,25H,3-7,21H2,1-2H3,(H,36,38)(H,34,37,40);7-16,20H,2-6,17H2,1H3,(H,29,30)(H,32,33);3-5H,1-2H3;1H4;. The van der Waals surface area contributed by atoms with Crippen molar-refractivity contribution in [2.45, 2.75) is 118 Å². The highest BCUT2D eigenvalue weighted by Gasteiger charge is 2.24. The molecule has 0 spiro atoms. The number of nitrogens with zero attached hydrogens (tertiary/aromatic N) is 8. The maximum atomic E-state index is 12.8. The fraction of sp³-hybridized carbons (Fsp3) is 0.294. The van der Waals surface area contributed by atoms with Gasteiger partial charge >= 0.3 is 11.2 Å². The lowest BCUT2D eigenvalue weighted by Gasteiger charge is -2.22. The molecule has 6 heterocycles. The van der Waals surface area contributed by atoms with E-state index in [1.807, 2.05) is 108 Å². The molecule has 0 radical (unpaired) electrons. The van der Waals surface area contributed by atoms with Gasteiger partial charge in [0.1, 0.15) is 51.1 Å². The van der Waals surface area contributed by atoms with E-state index >= 15 is 0 Å². The van der Waals surface area contributed by atoms with Crippen LogP contribution in [0.5, 0.6) is 34.5 Å². The first-order valence-corrected chi connectivity index (χ1v) is 34.0. The molecule has 2 saturated carbocycles. The van der Waals surface area contributed by atoms with E-state index in [0.29, 0.717) is 59.6 Å². The zero-order chi connectivity index (χ0) is 63.6. The van der Waals surface area contributed by atoms with Gasteiger partial charge in [-0.1, -0.05) is 70.2 Å². The van der Waals surface area contributed by atoms with E-state index in [4.69, 9.17) is 34.1 Å². The number of hydrogen-bond donors (Lipinski definition) is 4. The number of pyridine rings is 4. The van der Waals surface area contributed by atoms with Gasteiger partial charge in [0.05, 0.1) is 32.9 Å². The summed E-state index contributed by atoms with van der Waals surface area (Å²) in [6, 6.07) is 41.5. The third-order valence-corrected chi connectivity index (χ3v) is 14.9. The minimum absolute atomic E-state index is 0. The third kappa shape index (κ3) is 20.1. The first kappa shape index (κ1) is 68.2. The van der Waals surface area contributed by atoms with Crippen LogP contribution in [-0.4, -0.2) is 82.8 Å². The van der Waals surface area contributed by atoms with E-state index in [1.54, 1.807) is 69.2 Å². The Morgan fingerprint density at radius 2 is 0.934 bits per heavy atom. The molecule has 19 nitrogen and oxygen atoms in total. The Morgan fingerprint density at radius 1 is 0.538 bits per heavy atom. The normalized spacial score (nSPS) is 13.1. The molecule has 4 aromatic carbocycles. The number of aromatic nitrogens is 8. The van der Waals surface area contributed by atoms with E-state index in [2.05, 4.69) is 77.6 Å². The Labute approximate surface area is 544 Å². The zero-order valence-corrected chi connectivity index (χ0v) is 53.8. The van der Waals surface area contributed by atoms with E-state index < -0.39 is 11.2 Å². The summed E-state index contributed by atoms with van der Waals surface area (Å²) < 4.78 is 36.5. The molecule has 4 N–H and O–H groups in total. The van der Waals surface area contributed by atoms with Crippen molar-refractivity contribution in [3.8, 4) is 34.5 Å². The number of halogens is 3. The van der Waals surface area contributed by atoms with Crippen LogP contribution in [0.15, 0.2) is 158 Å². The largest absolute Gasteiger partial charge is 0.497 e. The van der Waals surface area contributed by atoms with Crippen LogP contribution < -0.4 is 34.9 Å². The average molecular weight is 1310 g/mol. The molecule has 12 rings (SSSR count). The van der Waals surface area contributed by atoms with Gasteiger partial charge in [0.15, 0.2) is 22.9 Å². The highest BCUT2D eigenvalue weighted by Crippen LogP contribution is 2.61. The summed E-state index contributed by atoms with van der Waals surface area (Å²) in [4.78, 5) is 41.6. The second kappa shape index (κ2) is 32.8. The topological polar surface area (TPSA) is 232 Å².